The second-order valence-electron chi connectivity index (χ2n) is 10.7. The van der Waals surface area contributed by atoms with Gasteiger partial charge >= 0.3 is 0 Å². The van der Waals surface area contributed by atoms with Crippen LogP contribution < -0.4 is 10.3 Å². The molecule has 1 aliphatic carbocycles. The Hall–Kier alpha value is -2.86. The minimum atomic E-state index is -0.257. The average Bonchev–Trinajstić information content (AvgIpc) is 2.70. The van der Waals surface area contributed by atoms with Crippen molar-refractivity contribution in [2.75, 3.05) is 46.3 Å². The van der Waals surface area contributed by atoms with Crippen LogP contribution in [-0.4, -0.2) is 62.5 Å². The van der Waals surface area contributed by atoms with Crippen LogP contribution in [0.3, 0.4) is 0 Å². The Labute approximate surface area is 199 Å². The summed E-state index contributed by atoms with van der Waals surface area (Å²) in [7, 11) is 8.26. The maximum absolute atomic E-state index is 12.4. The van der Waals surface area contributed by atoms with Gasteiger partial charge in [0.15, 0.2) is 0 Å². The van der Waals surface area contributed by atoms with Gasteiger partial charge in [-0.15, -0.1) is 0 Å². The zero-order chi connectivity index (χ0) is 24.8. The molecule has 0 fully saturated rings. The molecule has 33 heavy (non-hydrogen) atoms. The highest BCUT2D eigenvalue weighted by Crippen LogP contribution is 2.39. The van der Waals surface area contributed by atoms with Crippen LogP contribution in [0.2, 0.25) is 0 Å². The van der Waals surface area contributed by atoms with Gasteiger partial charge in [0.05, 0.1) is 33.4 Å². The largest absolute Gasteiger partial charge is 0.505 e. The third-order valence-corrected chi connectivity index (χ3v) is 5.52. The summed E-state index contributed by atoms with van der Waals surface area (Å²) < 4.78 is 0.888. The number of amides is 1. The molecule has 0 saturated heterocycles. The maximum Gasteiger partial charge on any atom is 0.220 e. The van der Waals surface area contributed by atoms with Gasteiger partial charge in [-0.2, -0.15) is 5.10 Å². The van der Waals surface area contributed by atoms with Crippen molar-refractivity contribution in [2.45, 2.75) is 45.4 Å². The highest BCUT2D eigenvalue weighted by Gasteiger charge is 2.23. The number of aryl methyl sites for hydroxylation is 1. The molecule has 1 aromatic carbocycles. The van der Waals surface area contributed by atoms with E-state index >= 15 is 0 Å². The lowest BCUT2D eigenvalue weighted by molar-refractivity contribution is -0.870. The number of phenols is 1. The molecule has 6 heteroatoms. The Morgan fingerprint density at radius 2 is 1.85 bits per heavy atom. The summed E-state index contributed by atoms with van der Waals surface area (Å²) in [6.45, 7) is 11.9. The van der Waals surface area contributed by atoms with Crippen LogP contribution in [-0.2, 0) is 16.6 Å². The molecular weight excluding hydrogens is 412 g/mol. The predicted molar refractivity (Wildman–Crippen MR) is 139 cm³/mol. The summed E-state index contributed by atoms with van der Waals surface area (Å²) >= 11 is 0. The van der Waals surface area contributed by atoms with E-state index in [0.717, 1.165) is 39.9 Å². The fourth-order valence-electron chi connectivity index (χ4n) is 3.59. The third kappa shape index (κ3) is 8.21. The van der Waals surface area contributed by atoms with Gasteiger partial charge in [-0.05, 0) is 35.1 Å². The zero-order valence-corrected chi connectivity index (χ0v) is 21.4. The van der Waals surface area contributed by atoms with Crippen LogP contribution in [0.1, 0.15) is 44.7 Å². The standard InChI is InChI=1S/C27H40N4O2/c1-20-12-9-10-13-23(20)29-30(5)24-19-21(18-22(26(24)33)27(2,3)4)14-15-25(32)28-16-11-17-31(6,7)8/h9-10,12-13,18-19H,1,11,14-17H2,2-8H3,(H-,28,32,33)/p+1/b29-23-. The lowest BCUT2D eigenvalue weighted by Gasteiger charge is -2.26. The Morgan fingerprint density at radius 3 is 2.45 bits per heavy atom. The average molecular weight is 454 g/mol. The van der Waals surface area contributed by atoms with Crippen molar-refractivity contribution < 1.29 is 14.4 Å². The molecule has 0 bridgehead atoms. The van der Waals surface area contributed by atoms with Crippen LogP contribution >= 0.6 is 0 Å². The van der Waals surface area contributed by atoms with Crippen molar-refractivity contribution in [3.8, 4) is 5.75 Å². The number of anilines is 1. The van der Waals surface area contributed by atoms with Gasteiger partial charge in [-0.25, -0.2) is 0 Å². The number of hydrogen-bond donors (Lipinski definition) is 2. The molecule has 0 unspecified atom stereocenters. The molecule has 0 aliphatic heterocycles. The van der Waals surface area contributed by atoms with Crippen molar-refractivity contribution in [1.29, 1.82) is 0 Å². The highest BCUT2D eigenvalue weighted by molar-refractivity contribution is 6.11. The van der Waals surface area contributed by atoms with E-state index in [9.17, 15) is 9.90 Å². The predicted octanol–water partition coefficient (Wildman–Crippen LogP) is 4.31. The molecule has 0 aromatic heterocycles. The first-order chi connectivity index (χ1) is 15.3. The summed E-state index contributed by atoms with van der Waals surface area (Å²) in [5.74, 6) is 0.260. The lowest BCUT2D eigenvalue weighted by atomic mass is 9.84. The van der Waals surface area contributed by atoms with Crippen LogP contribution in [0, 0.1) is 0 Å². The smallest absolute Gasteiger partial charge is 0.220 e. The van der Waals surface area contributed by atoms with Gasteiger partial charge in [-0.1, -0.05) is 51.6 Å². The Balaban J connectivity index is 2.18. The molecule has 180 valence electrons. The summed E-state index contributed by atoms with van der Waals surface area (Å²) in [6, 6.07) is 3.93. The van der Waals surface area contributed by atoms with E-state index in [-0.39, 0.29) is 17.1 Å². The van der Waals surface area contributed by atoms with E-state index in [2.05, 4.69) is 58.9 Å². The molecule has 2 N–H and O–H groups in total. The van der Waals surface area contributed by atoms with E-state index < -0.39 is 0 Å². The van der Waals surface area contributed by atoms with Crippen LogP contribution in [0.15, 0.2) is 53.7 Å². The lowest BCUT2D eigenvalue weighted by Crippen LogP contribution is -2.37. The van der Waals surface area contributed by atoms with Gasteiger partial charge in [0.1, 0.15) is 11.4 Å². The molecule has 0 spiro atoms. The molecule has 0 atom stereocenters. The number of carbonyl (C=O) groups excluding carboxylic acids is 1. The summed E-state index contributed by atoms with van der Waals surface area (Å²) in [6.07, 6.45) is 9.59. The molecule has 1 aliphatic rings. The van der Waals surface area contributed by atoms with Crippen LogP contribution in [0.25, 0.3) is 0 Å². The normalized spacial score (nSPS) is 15.2. The SMILES string of the molecule is C=C1C=CC=C/C1=N/N(C)c1cc(CCC(=O)NCCC[N+](C)(C)C)cc(C(C)(C)C)c1O. The number of benzene rings is 1. The minimum Gasteiger partial charge on any atom is -0.505 e. The second kappa shape index (κ2) is 10.8. The third-order valence-electron chi connectivity index (χ3n) is 5.52. The Kier molecular flexibility index (Phi) is 8.67. The second-order valence-corrected chi connectivity index (χ2v) is 10.7. The number of carbonyl (C=O) groups is 1. The molecule has 1 amide bonds. The number of allylic oxidation sites excluding steroid dienone is 5. The fourth-order valence-corrected chi connectivity index (χ4v) is 3.59. The first-order valence-corrected chi connectivity index (χ1v) is 11.6. The van der Waals surface area contributed by atoms with Crippen molar-refractivity contribution in [3.05, 3.63) is 59.7 Å². The first kappa shape index (κ1) is 26.4. The maximum atomic E-state index is 12.4. The molecule has 0 radical (unpaired) electrons. The molecule has 0 heterocycles. The topological polar surface area (TPSA) is 64.9 Å². The van der Waals surface area contributed by atoms with Crippen molar-refractivity contribution in [2.24, 2.45) is 5.10 Å². The number of hydrogen-bond acceptors (Lipinski definition) is 4. The van der Waals surface area contributed by atoms with E-state index in [1.807, 2.05) is 43.5 Å². The fraction of sp³-hybridized carbons (Fsp3) is 0.481. The van der Waals surface area contributed by atoms with Crippen molar-refractivity contribution in [1.82, 2.24) is 5.32 Å². The number of nitrogens with one attached hydrogen (secondary N) is 1. The van der Waals surface area contributed by atoms with Crippen LogP contribution in [0.4, 0.5) is 5.69 Å². The van der Waals surface area contributed by atoms with E-state index in [1.54, 1.807) is 5.01 Å². The monoisotopic (exact) mass is 453 g/mol. The molecule has 0 saturated carbocycles. The zero-order valence-electron chi connectivity index (χ0n) is 21.4. The quantitative estimate of drug-likeness (QED) is 0.333. The van der Waals surface area contributed by atoms with Gasteiger partial charge < -0.3 is 14.9 Å². The minimum absolute atomic E-state index is 0.0485. The van der Waals surface area contributed by atoms with E-state index in [0.29, 0.717) is 25.1 Å². The van der Waals surface area contributed by atoms with Gasteiger partial charge in [0.25, 0.3) is 0 Å². The van der Waals surface area contributed by atoms with Crippen molar-refractivity contribution >= 4 is 17.3 Å². The number of aromatic hydroxyl groups is 1. The molecule has 2 rings (SSSR count). The Bertz CT molecular complexity index is 960. The van der Waals surface area contributed by atoms with Gasteiger partial charge in [0, 0.05) is 32.0 Å². The summed E-state index contributed by atoms with van der Waals surface area (Å²) in [5.41, 5.74) is 3.76. The summed E-state index contributed by atoms with van der Waals surface area (Å²) in [5, 5.41) is 20.4. The summed E-state index contributed by atoms with van der Waals surface area (Å²) in [4.78, 5) is 12.4. The number of phenolic OH excluding ortho intramolecular Hbond substituents is 1. The van der Waals surface area contributed by atoms with Gasteiger partial charge in [0.2, 0.25) is 5.91 Å². The van der Waals surface area contributed by atoms with Gasteiger partial charge in [-0.3, -0.25) is 9.80 Å². The van der Waals surface area contributed by atoms with Crippen LogP contribution in [0.5, 0.6) is 5.75 Å². The molecular formula is C27H41N4O2+. The number of quaternary nitrogens is 1. The van der Waals surface area contributed by atoms with E-state index in [1.165, 1.54) is 0 Å². The molecule has 6 nitrogen and oxygen atoms in total. The van der Waals surface area contributed by atoms with Crippen molar-refractivity contribution in [3.63, 3.8) is 0 Å². The van der Waals surface area contributed by atoms with E-state index in [4.69, 9.17) is 0 Å². The Morgan fingerprint density at radius 1 is 1.18 bits per heavy atom. The highest BCUT2D eigenvalue weighted by atomic mass is 16.3. The molecule has 1 aromatic rings. The number of hydrazone groups is 1. The number of nitrogens with zero attached hydrogens (tertiary/aromatic N) is 3. The number of rotatable bonds is 9. The first-order valence-electron chi connectivity index (χ1n) is 11.6.